The second-order valence-electron chi connectivity index (χ2n) is 5.46. The first-order valence-electron chi connectivity index (χ1n) is 7.42. The Balaban J connectivity index is 1.65. The predicted molar refractivity (Wildman–Crippen MR) is 91.8 cm³/mol. The highest BCUT2D eigenvalue weighted by atomic mass is 32.1. The van der Waals surface area contributed by atoms with Crippen LogP contribution in [0.15, 0.2) is 53.1 Å². The summed E-state index contributed by atoms with van der Waals surface area (Å²) in [5, 5.41) is 14.9. The molecule has 4 heterocycles. The van der Waals surface area contributed by atoms with Crippen molar-refractivity contribution in [1.29, 1.82) is 0 Å². The maximum atomic E-state index is 5.88. The van der Waals surface area contributed by atoms with Crippen molar-refractivity contribution in [3.63, 3.8) is 0 Å². The van der Waals surface area contributed by atoms with E-state index in [9.17, 15) is 0 Å². The Kier molecular flexibility index (Phi) is 2.77. The lowest BCUT2D eigenvalue weighted by molar-refractivity contribution is 0.622. The van der Waals surface area contributed by atoms with Gasteiger partial charge in [-0.15, -0.1) is 10.2 Å². The van der Waals surface area contributed by atoms with Gasteiger partial charge in [-0.05, 0) is 31.2 Å². The van der Waals surface area contributed by atoms with Crippen molar-refractivity contribution < 1.29 is 4.42 Å². The lowest BCUT2D eigenvalue weighted by Crippen LogP contribution is -1.90. The van der Waals surface area contributed by atoms with Crippen molar-refractivity contribution in [2.24, 2.45) is 0 Å². The fraction of sp³-hybridized carbons (Fsp3) is 0.0588. The molecule has 0 aliphatic carbocycles. The third-order valence-electron chi connectivity index (χ3n) is 3.80. The van der Waals surface area contributed by atoms with Gasteiger partial charge in [-0.1, -0.05) is 29.5 Å². The number of furan rings is 1. The van der Waals surface area contributed by atoms with Crippen LogP contribution in [0.5, 0.6) is 0 Å². The average molecular weight is 333 g/mol. The number of rotatable bonds is 2. The first kappa shape index (κ1) is 13.4. The monoisotopic (exact) mass is 333 g/mol. The van der Waals surface area contributed by atoms with Crippen LogP contribution in [-0.2, 0) is 0 Å². The zero-order chi connectivity index (χ0) is 16.1. The normalized spacial score (nSPS) is 11.5. The third-order valence-corrected chi connectivity index (χ3v) is 4.74. The van der Waals surface area contributed by atoms with Crippen LogP contribution in [0, 0.1) is 6.92 Å². The van der Waals surface area contributed by atoms with Gasteiger partial charge in [-0.25, -0.2) is 0 Å². The molecule has 0 bridgehead atoms. The maximum Gasteiger partial charge on any atom is 0.235 e. The molecule has 1 aromatic carbocycles. The molecule has 0 unspecified atom stereocenters. The molecule has 116 valence electrons. The number of hydrogen-bond donors (Lipinski definition) is 0. The Bertz CT molecular complexity index is 1140. The van der Waals surface area contributed by atoms with Gasteiger partial charge in [0, 0.05) is 22.8 Å². The molecule has 4 aromatic heterocycles. The second-order valence-corrected chi connectivity index (χ2v) is 6.42. The lowest BCUT2D eigenvalue weighted by atomic mass is 10.2. The number of pyridine rings is 1. The Morgan fingerprint density at radius 2 is 2.00 bits per heavy atom. The van der Waals surface area contributed by atoms with Crippen LogP contribution < -0.4 is 0 Å². The van der Waals surface area contributed by atoms with Crippen LogP contribution in [-0.4, -0.2) is 24.8 Å². The minimum atomic E-state index is 0.601. The molecule has 7 heteroatoms. The molecule has 0 aliphatic heterocycles. The summed E-state index contributed by atoms with van der Waals surface area (Å²) in [6.07, 6.45) is 1.82. The van der Waals surface area contributed by atoms with Crippen LogP contribution in [0.2, 0.25) is 0 Å². The van der Waals surface area contributed by atoms with Crippen molar-refractivity contribution in [1.82, 2.24) is 24.8 Å². The number of fused-ring (bicyclic) bond motifs is 2. The third kappa shape index (κ3) is 2.02. The molecule has 0 saturated heterocycles. The molecule has 0 atom stereocenters. The minimum absolute atomic E-state index is 0.601. The maximum absolute atomic E-state index is 5.88. The Morgan fingerprint density at radius 1 is 1.08 bits per heavy atom. The zero-order valence-corrected chi connectivity index (χ0v) is 13.5. The van der Waals surface area contributed by atoms with Gasteiger partial charge >= 0.3 is 0 Å². The highest BCUT2D eigenvalue weighted by molar-refractivity contribution is 7.19. The molecule has 0 aliphatic rings. The summed E-state index contributed by atoms with van der Waals surface area (Å²) in [4.78, 5) is 5.05. The predicted octanol–water partition coefficient (Wildman–Crippen LogP) is 3.97. The van der Waals surface area contributed by atoms with E-state index in [1.807, 2.05) is 55.6 Å². The van der Waals surface area contributed by atoms with Crippen LogP contribution >= 0.6 is 11.3 Å². The number of benzene rings is 1. The lowest BCUT2D eigenvalue weighted by Gasteiger charge is -1.95. The first-order chi connectivity index (χ1) is 11.8. The molecular weight excluding hydrogens is 322 g/mol. The van der Waals surface area contributed by atoms with Crippen molar-refractivity contribution in [3.8, 4) is 22.2 Å². The minimum Gasteiger partial charge on any atom is -0.453 e. The molecular formula is C17H11N5OS. The highest BCUT2D eigenvalue weighted by Crippen LogP contribution is 2.30. The van der Waals surface area contributed by atoms with Crippen LogP contribution in [0.25, 0.3) is 38.1 Å². The number of aryl methyl sites for hydroxylation is 1. The topological polar surface area (TPSA) is 69.1 Å². The summed E-state index contributed by atoms with van der Waals surface area (Å²) >= 11 is 1.48. The summed E-state index contributed by atoms with van der Waals surface area (Å²) in [7, 11) is 0. The van der Waals surface area contributed by atoms with Gasteiger partial charge in [-0.2, -0.15) is 9.61 Å². The standard InChI is InChI=1S/C17H11N5OS/c1-10-6-7-12(9-18-10)16-21-22-15(19-20-17(22)24-16)14-8-11-4-2-3-5-13(11)23-14/h2-9H,1H3. The van der Waals surface area contributed by atoms with Crippen molar-refractivity contribution in [3.05, 3.63) is 54.4 Å². The van der Waals surface area contributed by atoms with Crippen molar-refractivity contribution >= 4 is 27.3 Å². The number of nitrogens with zero attached hydrogens (tertiary/aromatic N) is 5. The van der Waals surface area contributed by atoms with Gasteiger partial charge in [0.2, 0.25) is 10.8 Å². The molecule has 0 spiro atoms. The smallest absolute Gasteiger partial charge is 0.235 e. The molecule has 0 saturated carbocycles. The van der Waals surface area contributed by atoms with Crippen LogP contribution in [0.1, 0.15) is 5.69 Å². The molecule has 0 fully saturated rings. The van der Waals surface area contributed by atoms with Crippen LogP contribution in [0.4, 0.5) is 0 Å². The summed E-state index contributed by atoms with van der Waals surface area (Å²) in [5.74, 6) is 1.26. The SMILES string of the molecule is Cc1ccc(-c2nn3c(-c4cc5ccccc5o4)nnc3s2)cn1. The summed E-state index contributed by atoms with van der Waals surface area (Å²) in [6, 6.07) is 13.8. The van der Waals surface area contributed by atoms with Crippen LogP contribution in [0.3, 0.4) is 0 Å². The van der Waals surface area contributed by atoms with E-state index in [-0.39, 0.29) is 0 Å². The van der Waals surface area contributed by atoms with Crippen molar-refractivity contribution in [2.45, 2.75) is 6.92 Å². The van der Waals surface area contributed by atoms with Gasteiger partial charge in [-0.3, -0.25) is 4.98 Å². The van der Waals surface area contributed by atoms with E-state index in [1.54, 1.807) is 4.52 Å². The van der Waals surface area contributed by atoms with Gasteiger partial charge in [0.05, 0.1) is 0 Å². The first-order valence-corrected chi connectivity index (χ1v) is 8.24. The molecule has 6 nitrogen and oxygen atoms in total. The average Bonchev–Trinajstić information content (AvgIpc) is 3.28. The largest absolute Gasteiger partial charge is 0.453 e. The quantitative estimate of drug-likeness (QED) is 0.489. The van der Waals surface area contributed by atoms with Crippen molar-refractivity contribution in [2.75, 3.05) is 0 Å². The van der Waals surface area contributed by atoms with E-state index in [0.29, 0.717) is 11.6 Å². The summed E-state index contributed by atoms with van der Waals surface area (Å²) < 4.78 is 7.60. The van der Waals surface area contributed by atoms with E-state index in [1.165, 1.54) is 11.3 Å². The Labute approximate surface area is 140 Å². The number of hydrogen-bond acceptors (Lipinski definition) is 6. The number of aromatic nitrogens is 5. The molecule has 0 amide bonds. The fourth-order valence-corrected chi connectivity index (χ4v) is 3.40. The summed E-state index contributed by atoms with van der Waals surface area (Å²) in [5.41, 5.74) is 2.76. The van der Waals surface area contributed by atoms with E-state index in [4.69, 9.17) is 4.42 Å². The zero-order valence-electron chi connectivity index (χ0n) is 12.7. The molecule has 0 N–H and O–H groups in total. The molecule has 0 radical (unpaired) electrons. The second kappa shape index (κ2) is 4.97. The Morgan fingerprint density at radius 3 is 2.83 bits per heavy atom. The van der Waals surface area contributed by atoms with E-state index in [2.05, 4.69) is 20.3 Å². The fourth-order valence-electron chi connectivity index (χ4n) is 2.57. The van der Waals surface area contributed by atoms with E-state index in [0.717, 1.165) is 32.2 Å². The van der Waals surface area contributed by atoms with Gasteiger partial charge in [0.1, 0.15) is 10.6 Å². The van der Waals surface area contributed by atoms with Gasteiger partial charge in [0.25, 0.3) is 0 Å². The Hall–Kier alpha value is -3.06. The summed E-state index contributed by atoms with van der Waals surface area (Å²) in [6.45, 7) is 1.96. The van der Waals surface area contributed by atoms with E-state index >= 15 is 0 Å². The van der Waals surface area contributed by atoms with Gasteiger partial charge < -0.3 is 4.42 Å². The number of para-hydroxylation sites is 1. The molecule has 24 heavy (non-hydrogen) atoms. The van der Waals surface area contributed by atoms with Gasteiger partial charge in [0.15, 0.2) is 5.76 Å². The highest BCUT2D eigenvalue weighted by Gasteiger charge is 2.17. The van der Waals surface area contributed by atoms with E-state index < -0.39 is 0 Å². The molecule has 5 aromatic rings. The molecule has 5 rings (SSSR count).